The Bertz CT molecular complexity index is 493. The van der Waals surface area contributed by atoms with E-state index in [1.165, 1.54) is 6.20 Å². The molecule has 1 aromatic heterocycles. The molecule has 1 aromatic rings. The number of pyridine rings is 1. The van der Waals surface area contributed by atoms with E-state index in [0.29, 0.717) is 18.4 Å². The number of allylic oxidation sites excluding steroid dienone is 2. The molecule has 0 aliphatic heterocycles. The van der Waals surface area contributed by atoms with E-state index in [-0.39, 0.29) is 5.75 Å². The second-order valence-electron chi connectivity index (χ2n) is 4.78. The van der Waals surface area contributed by atoms with Gasteiger partial charge in [-0.3, -0.25) is 4.98 Å². The van der Waals surface area contributed by atoms with Crippen LogP contribution in [0.3, 0.4) is 0 Å². The summed E-state index contributed by atoms with van der Waals surface area (Å²) < 4.78 is 5.67. The molecule has 0 saturated heterocycles. The second kappa shape index (κ2) is 6.34. The SMILES string of the molecule is C=C/C=C(\C=C)COCC1CC1c1cncc(O)c1. The molecule has 0 bridgehead atoms. The number of aromatic hydroxyl groups is 1. The van der Waals surface area contributed by atoms with E-state index in [2.05, 4.69) is 18.1 Å². The lowest BCUT2D eigenvalue weighted by Gasteiger charge is -2.04. The summed E-state index contributed by atoms with van der Waals surface area (Å²) in [5, 5.41) is 9.39. The van der Waals surface area contributed by atoms with Crippen LogP contribution in [0, 0.1) is 5.92 Å². The van der Waals surface area contributed by atoms with Gasteiger partial charge in [-0.2, -0.15) is 0 Å². The molecule has 0 spiro atoms. The van der Waals surface area contributed by atoms with E-state index in [9.17, 15) is 5.11 Å². The summed E-state index contributed by atoms with van der Waals surface area (Å²) >= 11 is 0. The van der Waals surface area contributed by atoms with E-state index >= 15 is 0 Å². The van der Waals surface area contributed by atoms with Crippen molar-refractivity contribution in [2.45, 2.75) is 12.3 Å². The van der Waals surface area contributed by atoms with Gasteiger partial charge in [0, 0.05) is 6.20 Å². The molecule has 0 radical (unpaired) electrons. The van der Waals surface area contributed by atoms with Crippen molar-refractivity contribution in [3.8, 4) is 5.75 Å². The molecule has 1 saturated carbocycles. The van der Waals surface area contributed by atoms with Crippen molar-refractivity contribution < 1.29 is 9.84 Å². The molecular weight excluding hydrogens is 238 g/mol. The highest BCUT2D eigenvalue weighted by molar-refractivity contribution is 5.29. The molecule has 3 heteroatoms. The van der Waals surface area contributed by atoms with Crippen molar-refractivity contribution >= 4 is 0 Å². The Morgan fingerprint density at radius 1 is 1.47 bits per heavy atom. The highest BCUT2D eigenvalue weighted by Gasteiger charge is 2.38. The topological polar surface area (TPSA) is 42.4 Å². The fraction of sp³-hybridized carbons (Fsp3) is 0.312. The van der Waals surface area contributed by atoms with Crippen LogP contribution in [0.25, 0.3) is 0 Å². The Hall–Kier alpha value is -1.87. The number of hydrogen-bond acceptors (Lipinski definition) is 3. The van der Waals surface area contributed by atoms with Gasteiger partial charge in [0.15, 0.2) is 0 Å². The molecular formula is C16H19NO2. The van der Waals surface area contributed by atoms with Crippen molar-refractivity contribution in [3.63, 3.8) is 0 Å². The number of ether oxygens (including phenoxy) is 1. The fourth-order valence-electron chi connectivity index (χ4n) is 2.14. The number of rotatable bonds is 7. The molecule has 3 nitrogen and oxygen atoms in total. The monoisotopic (exact) mass is 257 g/mol. The molecule has 0 amide bonds. The van der Waals surface area contributed by atoms with Crippen LogP contribution in [0.5, 0.6) is 5.75 Å². The minimum atomic E-state index is 0.229. The molecule has 1 N–H and O–H groups in total. The Morgan fingerprint density at radius 3 is 3.00 bits per heavy atom. The van der Waals surface area contributed by atoms with Crippen molar-refractivity contribution in [2.24, 2.45) is 5.92 Å². The smallest absolute Gasteiger partial charge is 0.134 e. The lowest BCUT2D eigenvalue weighted by molar-refractivity contribution is 0.145. The first-order valence-corrected chi connectivity index (χ1v) is 6.40. The third-order valence-electron chi connectivity index (χ3n) is 3.29. The lowest BCUT2D eigenvalue weighted by atomic mass is 10.1. The standard InChI is InChI=1S/C16H19NO2/c1-3-5-12(4-2)10-19-11-14-7-16(14)13-6-15(18)9-17-8-13/h3-6,8-9,14,16,18H,1-2,7,10-11H2/b12-5+. The molecule has 2 rings (SSSR count). The zero-order chi connectivity index (χ0) is 13.7. The second-order valence-corrected chi connectivity index (χ2v) is 4.78. The Balaban J connectivity index is 1.77. The van der Waals surface area contributed by atoms with E-state index in [1.807, 2.05) is 12.3 Å². The zero-order valence-corrected chi connectivity index (χ0v) is 11.0. The van der Waals surface area contributed by atoms with Gasteiger partial charge in [-0.1, -0.05) is 31.4 Å². The first-order valence-electron chi connectivity index (χ1n) is 6.40. The Morgan fingerprint density at radius 2 is 2.32 bits per heavy atom. The summed E-state index contributed by atoms with van der Waals surface area (Å²) in [5.74, 6) is 1.22. The minimum Gasteiger partial charge on any atom is -0.506 e. The molecule has 1 fully saturated rings. The first kappa shape index (κ1) is 13.6. The quantitative estimate of drug-likeness (QED) is 0.763. The number of aromatic nitrogens is 1. The van der Waals surface area contributed by atoms with Gasteiger partial charge in [-0.15, -0.1) is 0 Å². The molecule has 100 valence electrons. The minimum absolute atomic E-state index is 0.229. The molecule has 2 atom stereocenters. The van der Waals surface area contributed by atoms with Crippen LogP contribution in [0.2, 0.25) is 0 Å². The van der Waals surface area contributed by atoms with Crippen LogP contribution in [-0.4, -0.2) is 23.3 Å². The normalized spacial score (nSPS) is 22.0. The van der Waals surface area contributed by atoms with Crippen LogP contribution >= 0.6 is 0 Å². The van der Waals surface area contributed by atoms with Gasteiger partial charge in [-0.05, 0) is 35.5 Å². The first-order chi connectivity index (χ1) is 9.24. The van der Waals surface area contributed by atoms with E-state index in [1.54, 1.807) is 18.2 Å². The summed E-state index contributed by atoms with van der Waals surface area (Å²) in [5.41, 5.74) is 2.13. The Kier molecular flexibility index (Phi) is 4.53. The van der Waals surface area contributed by atoms with Gasteiger partial charge in [0.1, 0.15) is 5.75 Å². The fourth-order valence-corrected chi connectivity index (χ4v) is 2.14. The van der Waals surface area contributed by atoms with Gasteiger partial charge in [-0.25, -0.2) is 0 Å². The van der Waals surface area contributed by atoms with Crippen LogP contribution in [-0.2, 0) is 4.74 Å². The predicted octanol–water partition coefficient (Wildman–Crippen LogP) is 3.21. The summed E-state index contributed by atoms with van der Waals surface area (Å²) in [7, 11) is 0. The molecule has 1 aliphatic carbocycles. The number of nitrogens with zero attached hydrogens (tertiary/aromatic N) is 1. The maximum absolute atomic E-state index is 9.39. The van der Waals surface area contributed by atoms with Gasteiger partial charge in [0.2, 0.25) is 0 Å². The van der Waals surface area contributed by atoms with Crippen molar-refractivity contribution in [1.29, 1.82) is 0 Å². The van der Waals surface area contributed by atoms with E-state index in [4.69, 9.17) is 4.74 Å². The summed E-state index contributed by atoms with van der Waals surface area (Å²) in [6.45, 7) is 8.68. The predicted molar refractivity (Wildman–Crippen MR) is 76.0 cm³/mol. The largest absolute Gasteiger partial charge is 0.506 e. The third-order valence-corrected chi connectivity index (χ3v) is 3.29. The van der Waals surface area contributed by atoms with E-state index < -0.39 is 0 Å². The van der Waals surface area contributed by atoms with Crippen molar-refractivity contribution in [1.82, 2.24) is 4.98 Å². The van der Waals surface area contributed by atoms with Crippen LogP contribution in [0.1, 0.15) is 17.9 Å². The highest BCUT2D eigenvalue weighted by Crippen LogP contribution is 2.47. The highest BCUT2D eigenvalue weighted by atomic mass is 16.5. The maximum atomic E-state index is 9.39. The summed E-state index contributed by atoms with van der Waals surface area (Å²) in [6.07, 6.45) is 9.78. The third kappa shape index (κ3) is 3.80. The van der Waals surface area contributed by atoms with Crippen LogP contribution in [0.4, 0.5) is 0 Å². The molecule has 1 aliphatic rings. The Labute approximate surface area is 113 Å². The molecule has 1 heterocycles. The van der Waals surface area contributed by atoms with Gasteiger partial charge in [0.25, 0.3) is 0 Å². The van der Waals surface area contributed by atoms with Crippen LogP contribution < -0.4 is 0 Å². The average Bonchev–Trinajstić information content (AvgIpc) is 3.17. The average molecular weight is 257 g/mol. The maximum Gasteiger partial charge on any atom is 0.134 e. The van der Waals surface area contributed by atoms with Crippen molar-refractivity contribution in [3.05, 3.63) is 61.0 Å². The summed E-state index contributed by atoms with van der Waals surface area (Å²) in [6, 6.07) is 1.78. The molecule has 19 heavy (non-hydrogen) atoms. The van der Waals surface area contributed by atoms with Gasteiger partial charge < -0.3 is 9.84 Å². The molecule has 2 unspecified atom stereocenters. The zero-order valence-electron chi connectivity index (χ0n) is 11.0. The molecule has 0 aromatic carbocycles. The van der Waals surface area contributed by atoms with Gasteiger partial charge >= 0.3 is 0 Å². The van der Waals surface area contributed by atoms with Crippen molar-refractivity contribution in [2.75, 3.05) is 13.2 Å². The summed E-state index contributed by atoms with van der Waals surface area (Å²) in [4.78, 5) is 4.00. The van der Waals surface area contributed by atoms with Gasteiger partial charge in [0.05, 0.1) is 19.4 Å². The van der Waals surface area contributed by atoms with Crippen LogP contribution in [0.15, 0.2) is 55.4 Å². The number of hydrogen-bond donors (Lipinski definition) is 1. The lowest BCUT2D eigenvalue weighted by Crippen LogP contribution is -2.01. The van der Waals surface area contributed by atoms with E-state index in [0.717, 1.165) is 24.2 Å².